The van der Waals surface area contributed by atoms with Gasteiger partial charge in [0, 0.05) is 23.5 Å². The normalized spacial score (nSPS) is 10.5. The zero-order valence-corrected chi connectivity index (χ0v) is 17.1. The molecule has 146 valence electrons. The van der Waals surface area contributed by atoms with Gasteiger partial charge >= 0.3 is 0 Å². The summed E-state index contributed by atoms with van der Waals surface area (Å²) in [6.07, 6.45) is 3.58. The van der Waals surface area contributed by atoms with Crippen LogP contribution in [0, 0.1) is 0 Å². The Morgan fingerprint density at radius 3 is 2.79 bits per heavy atom. The molecule has 3 aromatic rings. The summed E-state index contributed by atoms with van der Waals surface area (Å²) in [5, 5.41) is 4.31. The van der Waals surface area contributed by atoms with Gasteiger partial charge in [0.15, 0.2) is 5.16 Å². The van der Waals surface area contributed by atoms with Crippen molar-refractivity contribution >= 4 is 35.0 Å². The Morgan fingerprint density at radius 2 is 2.04 bits per heavy atom. The Balaban J connectivity index is 1.62. The third kappa shape index (κ3) is 4.99. The molecule has 0 radical (unpaired) electrons. The third-order valence-electron chi connectivity index (χ3n) is 3.99. The first-order valence-corrected chi connectivity index (χ1v) is 9.86. The highest BCUT2D eigenvalue weighted by Gasteiger charge is 2.12. The van der Waals surface area contributed by atoms with Gasteiger partial charge in [-0.1, -0.05) is 41.6 Å². The maximum atomic E-state index is 12.4. The molecule has 2 aromatic carbocycles. The second-order valence-corrected chi connectivity index (χ2v) is 7.18. The lowest BCUT2D eigenvalue weighted by molar-refractivity contribution is -0.113. The molecule has 0 saturated heterocycles. The lowest BCUT2D eigenvalue weighted by atomic mass is 10.2. The average molecular weight is 418 g/mol. The minimum absolute atomic E-state index is 0.152. The lowest BCUT2D eigenvalue weighted by Gasteiger charge is -2.12. The van der Waals surface area contributed by atoms with E-state index in [4.69, 9.17) is 21.1 Å². The van der Waals surface area contributed by atoms with Gasteiger partial charge in [-0.3, -0.25) is 4.79 Å². The highest BCUT2D eigenvalue weighted by atomic mass is 35.5. The molecule has 1 N–H and O–H groups in total. The zero-order chi connectivity index (χ0) is 19.9. The molecule has 3 rings (SSSR count). The van der Waals surface area contributed by atoms with E-state index in [0.29, 0.717) is 28.8 Å². The molecule has 1 heterocycles. The van der Waals surface area contributed by atoms with Gasteiger partial charge in [0.05, 0.1) is 32.2 Å². The number of hydrogen-bond donors (Lipinski definition) is 1. The number of imidazole rings is 1. The number of nitrogens with zero attached hydrogens (tertiary/aromatic N) is 2. The van der Waals surface area contributed by atoms with Crippen LogP contribution < -0.4 is 14.8 Å². The van der Waals surface area contributed by atoms with Crippen molar-refractivity contribution in [1.29, 1.82) is 0 Å². The number of amides is 1. The second kappa shape index (κ2) is 9.52. The fourth-order valence-electron chi connectivity index (χ4n) is 2.58. The Hall–Kier alpha value is -2.64. The van der Waals surface area contributed by atoms with Crippen LogP contribution in [0.15, 0.2) is 60.0 Å². The Kier molecular flexibility index (Phi) is 6.84. The van der Waals surface area contributed by atoms with E-state index in [0.717, 1.165) is 10.7 Å². The summed E-state index contributed by atoms with van der Waals surface area (Å²) in [5.74, 6) is 1.26. The molecule has 0 aliphatic heterocycles. The number of methoxy groups -OCH3 is 2. The van der Waals surface area contributed by atoms with Crippen LogP contribution in [-0.2, 0) is 11.3 Å². The SMILES string of the molecule is COc1ccc(NC(=O)CSc2nccn2Cc2ccccc2Cl)c(OC)c1. The minimum atomic E-state index is -0.152. The van der Waals surface area contributed by atoms with Crippen molar-refractivity contribution in [3.05, 3.63) is 65.4 Å². The predicted molar refractivity (Wildman–Crippen MR) is 112 cm³/mol. The summed E-state index contributed by atoms with van der Waals surface area (Å²) in [6, 6.07) is 12.9. The Labute approximate surface area is 172 Å². The molecule has 6 nitrogen and oxygen atoms in total. The number of halogens is 1. The summed E-state index contributed by atoms with van der Waals surface area (Å²) in [4.78, 5) is 16.7. The molecule has 0 unspecified atom stereocenters. The van der Waals surface area contributed by atoms with Crippen LogP contribution in [0.5, 0.6) is 11.5 Å². The van der Waals surface area contributed by atoms with E-state index >= 15 is 0 Å². The average Bonchev–Trinajstić information content (AvgIpc) is 3.15. The van der Waals surface area contributed by atoms with Crippen LogP contribution in [-0.4, -0.2) is 35.4 Å². The maximum absolute atomic E-state index is 12.4. The van der Waals surface area contributed by atoms with Crippen LogP contribution in [0.25, 0.3) is 0 Å². The van der Waals surface area contributed by atoms with E-state index in [1.54, 1.807) is 38.6 Å². The molecule has 0 saturated carbocycles. The predicted octanol–water partition coefficient (Wildman–Crippen LogP) is 4.33. The Bertz CT molecular complexity index is 961. The maximum Gasteiger partial charge on any atom is 0.234 e. The Morgan fingerprint density at radius 1 is 1.21 bits per heavy atom. The monoisotopic (exact) mass is 417 g/mol. The number of aromatic nitrogens is 2. The van der Waals surface area contributed by atoms with Gasteiger partial charge in [0.25, 0.3) is 0 Å². The number of carbonyl (C=O) groups is 1. The molecule has 0 spiro atoms. The first-order chi connectivity index (χ1) is 13.6. The number of thioether (sulfide) groups is 1. The molecule has 0 fully saturated rings. The summed E-state index contributed by atoms with van der Waals surface area (Å²) in [5.41, 5.74) is 1.59. The molecule has 0 aliphatic carbocycles. The molecule has 8 heteroatoms. The number of ether oxygens (including phenoxy) is 2. The number of rotatable bonds is 8. The number of hydrogen-bond acceptors (Lipinski definition) is 5. The highest BCUT2D eigenvalue weighted by molar-refractivity contribution is 7.99. The summed E-state index contributed by atoms with van der Waals surface area (Å²) < 4.78 is 12.4. The van der Waals surface area contributed by atoms with Crippen molar-refractivity contribution in [2.75, 3.05) is 25.3 Å². The van der Waals surface area contributed by atoms with Crippen molar-refractivity contribution in [3.63, 3.8) is 0 Å². The van der Waals surface area contributed by atoms with Crippen molar-refractivity contribution in [1.82, 2.24) is 9.55 Å². The van der Waals surface area contributed by atoms with Gasteiger partial charge in [-0.2, -0.15) is 0 Å². The molecule has 0 aliphatic rings. The molecule has 0 atom stereocenters. The zero-order valence-electron chi connectivity index (χ0n) is 15.5. The smallest absolute Gasteiger partial charge is 0.234 e. The summed E-state index contributed by atoms with van der Waals surface area (Å²) >= 11 is 7.59. The fraction of sp³-hybridized carbons (Fsp3) is 0.200. The van der Waals surface area contributed by atoms with Gasteiger partial charge in [-0.25, -0.2) is 4.98 Å². The summed E-state index contributed by atoms with van der Waals surface area (Å²) in [7, 11) is 3.12. The van der Waals surface area contributed by atoms with Gasteiger partial charge < -0.3 is 19.4 Å². The molecule has 1 amide bonds. The van der Waals surface area contributed by atoms with Crippen molar-refractivity contribution < 1.29 is 14.3 Å². The molecule has 0 bridgehead atoms. The van der Waals surface area contributed by atoms with Gasteiger partial charge in [-0.15, -0.1) is 0 Å². The topological polar surface area (TPSA) is 65.4 Å². The van der Waals surface area contributed by atoms with E-state index in [2.05, 4.69) is 10.3 Å². The van der Waals surface area contributed by atoms with Gasteiger partial charge in [0.1, 0.15) is 11.5 Å². The molecular formula is C20H20ClN3O3S. The minimum Gasteiger partial charge on any atom is -0.497 e. The number of nitrogens with one attached hydrogen (secondary N) is 1. The molecular weight excluding hydrogens is 398 g/mol. The second-order valence-electron chi connectivity index (χ2n) is 5.83. The highest BCUT2D eigenvalue weighted by Crippen LogP contribution is 2.29. The van der Waals surface area contributed by atoms with Gasteiger partial charge in [0.2, 0.25) is 5.91 Å². The number of carbonyl (C=O) groups excluding carboxylic acids is 1. The van der Waals surface area contributed by atoms with E-state index < -0.39 is 0 Å². The van der Waals surface area contributed by atoms with E-state index in [-0.39, 0.29) is 11.7 Å². The third-order valence-corrected chi connectivity index (χ3v) is 5.36. The van der Waals surface area contributed by atoms with Crippen molar-refractivity contribution in [3.8, 4) is 11.5 Å². The summed E-state index contributed by atoms with van der Waals surface area (Å²) in [6.45, 7) is 0.593. The molecule has 28 heavy (non-hydrogen) atoms. The number of anilines is 1. The quantitative estimate of drug-likeness (QED) is 0.552. The van der Waals surface area contributed by atoms with E-state index in [9.17, 15) is 4.79 Å². The lowest BCUT2D eigenvalue weighted by Crippen LogP contribution is -2.15. The molecule has 1 aromatic heterocycles. The number of benzene rings is 2. The largest absolute Gasteiger partial charge is 0.497 e. The van der Waals surface area contributed by atoms with Crippen LogP contribution in [0.2, 0.25) is 5.02 Å². The van der Waals surface area contributed by atoms with Crippen LogP contribution in [0.3, 0.4) is 0 Å². The standard InChI is InChI=1S/C20H20ClN3O3S/c1-26-15-7-8-17(18(11-15)27-2)23-19(25)13-28-20-22-9-10-24(20)12-14-5-3-4-6-16(14)21/h3-11H,12-13H2,1-2H3,(H,23,25). The van der Waals surface area contributed by atoms with E-state index in [1.165, 1.54) is 11.8 Å². The first kappa shape index (κ1) is 20.1. The van der Waals surface area contributed by atoms with Crippen LogP contribution in [0.4, 0.5) is 5.69 Å². The van der Waals surface area contributed by atoms with Crippen LogP contribution >= 0.6 is 23.4 Å². The first-order valence-electron chi connectivity index (χ1n) is 8.50. The van der Waals surface area contributed by atoms with Gasteiger partial charge in [-0.05, 0) is 23.8 Å². The van der Waals surface area contributed by atoms with Crippen molar-refractivity contribution in [2.24, 2.45) is 0 Å². The fourth-order valence-corrected chi connectivity index (χ4v) is 3.54. The van der Waals surface area contributed by atoms with E-state index in [1.807, 2.05) is 35.0 Å². The van der Waals surface area contributed by atoms with Crippen LogP contribution in [0.1, 0.15) is 5.56 Å². The van der Waals surface area contributed by atoms with Crippen molar-refractivity contribution in [2.45, 2.75) is 11.7 Å².